The summed E-state index contributed by atoms with van der Waals surface area (Å²) in [5, 5.41) is 4.31. The average molecular weight is 161 g/mol. The normalized spacial score (nSPS) is 29.1. The lowest BCUT2D eigenvalue weighted by Gasteiger charge is -2.04. The lowest BCUT2D eigenvalue weighted by molar-refractivity contribution is 0.595. The van der Waals surface area contributed by atoms with Gasteiger partial charge < -0.3 is 5.32 Å². The Kier molecular flexibility index (Phi) is 2.11. The molecule has 0 fully saturated rings. The van der Waals surface area contributed by atoms with Gasteiger partial charge in [0.25, 0.3) is 0 Å². The summed E-state index contributed by atoms with van der Waals surface area (Å²) in [5.41, 5.74) is 0. The molecule has 1 aliphatic rings. The summed E-state index contributed by atoms with van der Waals surface area (Å²) < 4.78 is 21.6. The van der Waals surface area contributed by atoms with Crippen molar-refractivity contribution in [3.8, 4) is 0 Å². The van der Waals surface area contributed by atoms with Crippen LogP contribution in [0.1, 0.15) is 6.92 Å². The van der Waals surface area contributed by atoms with Gasteiger partial charge >= 0.3 is 0 Å². The van der Waals surface area contributed by atoms with Crippen LogP contribution in [0.15, 0.2) is 11.5 Å². The summed E-state index contributed by atoms with van der Waals surface area (Å²) in [4.78, 5) is 0. The third kappa shape index (κ3) is 1.82. The fourth-order valence-corrected chi connectivity index (χ4v) is 2.23. The minimum Gasteiger partial charge on any atom is -0.310 e. The van der Waals surface area contributed by atoms with E-state index in [1.165, 1.54) is 5.41 Å². The standard InChI is InChI=1S/C6H11NO2S/c1-2-7-6-3-4-10(8,9)5-6/h3-4,6-7H,2,5H2,1H3. The fraction of sp³-hybridized carbons (Fsp3) is 0.667. The topological polar surface area (TPSA) is 46.2 Å². The monoisotopic (exact) mass is 161 g/mol. The zero-order valence-electron chi connectivity index (χ0n) is 5.87. The quantitative estimate of drug-likeness (QED) is 0.615. The molecule has 0 amide bonds. The van der Waals surface area contributed by atoms with Gasteiger partial charge in [0, 0.05) is 11.4 Å². The second-order valence-corrected chi connectivity index (χ2v) is 4.25. The Morgan fingerprint density at radius 1 is 1.70 bits per heavy atom. The Balaban J connectivity index is 2.54. The molecule has 1 N–H and O–H groups in total. The molecule has 0 saturated heterocycles. The van der Waals surface area contributed by atoms with Crippen LogP contribution in [0.25, 0.3) is 0 Å². The van der Waals surface area contributed by atoms with Gasteiger partial charge in [0.1, 0.15) is 0 Å². The molecule has 0 aromatic heterocycles. The number of rotatable bonds is 2. The van der Waals surface area contributed by atoms with Crippen molar-refractivity contribution in [2.75, 3.05) is 12.3 Å². The first-order chi connectivity index (χ1) is 4.64. The third-order valence-electron chi connectivity index (χ3n) is 1.40. The summed E-state index contributed by atoms with van der Waals surface area (Å²) in [6.45, 7) is 2.77. The molecular weight excluding hydrogens is 150 g/mol. The highest BCUT2D eigenvalue weighted by Crippen LogP contribution is 2.06. The number of hydrogen-bond donors (Lipinski definition) is 1. The van der Waals surface area contributed by atoms with Crippen LogP contribution in [0.3, 0.4) is 0 Å². The van der Waals surface area contributed by atoms with Crippen LogP contribution < -0.4 is 5.32 Å². The number of hydrogen-bond acceptors (Lipinski definition) is 3. The van der Waals surface area contributed by atoms with Crippen molar-refractivity contribution in [2.45, 2.75) is 13.0 Å². The molecule has 0 aromatic carbocycles. The Morgan fingerprint density at radius 3 is 2.80 bits per heavy atom. The molecule has 0 radical (unpaired) electrons. The van der Waals surface area contributed by atoms with E-state index in [1.807, 2.05) is 6.92 Å². The van der Waals surface area contributed by atoms with E-state index >= 15 is 0 Å². The van der Waals surface area contributed by atoms with Gasteiger partial charge in [0.05, 0.1) is 5.75 Å². The molecule has 1 heterocycles. The molecular formula is C6H11NO2S. The predicted octanol–water partition coefficient (Wildman–Crippen LogP) is -0.0934. The van der Waals surface area contributed by atoms with Crippen LogP contribution >= 0.6 is 0 Å². The van der Waals surface area contributed by atoms with Crippen molar-refractivity contribution in [1.82, 2.24) is 5.32 Å². The average Bonchev–Trinajstić information content (AvgIpc) is 2.12. The fourth-order valence-electron chi connectivity index (χ4n) is 0.965. The molecule has 0 aromatic rings. The molecule has 1 rings (SSSR count). The van der Waals surface area contributed by atoms with E-state index in [0.717, 1.165) is 6.54 Å². The Bertz CT molecular complexity index is 230. The van der Waals surface area contributed by atoms with Crippen molar-refractivity contribution in [3.05, 3.63) is 11.5 Å². The lowest BCUT2D eigenvalue weighted by atomic mass is 10.3. The Morgan fingerprint density at radius 2 is 2.40 bits per heavy atom. The zero-order valence-corrected chi connectivity index (χ0v) is 6.69. The van der Waals surface area contributed by atoms with Gasteiger partial charge in [0.15, 0.2) is 9.84 Å². The Labute approximate surface area is 61.0 Å². The number of sulfone groups is 1. The van der Waals surface area contributed by atoms with Crippen LogP contribution in [0.4, 0.5) is 0 Å². The van der Waals surface area contributed by atoms with E-state index in [1.54, 1.807) is 6.08 Å². The molecule has 0 aliphatic carbocycles. The highest BCUT2D eigenvalue weighted by molar-refractivity contribution is 7.94. The molecule has 0 spiro atoms. The van der Waals surface area contributed by atoms with Gasteiger partial charge in [-0.25, -0.2) is 8.42 Å². The van der Waals surface area contributed by atoms with Gasteiger partial charge in [-0.05, 0) is 6.54 Å². The zero-order chi connectivity index (χ0) is 7.61. The summed E-state index contributed by atoms with van der Waals surface area (Å²) in [5.74, 6) is 0.223. The molecule has 0 bridgehead atoms. The molecule has 3 nitrogen and oxygen atoms in total. The van der Waals surface area contributed by atoms with E-state index in [9.17, 15) is 8.42 Å². The van der Waals surface area contributed by atoms with E-state index in [0.29, 0.717) is 0 Å². The van der Waals surface area contributed by atoms with Crippen LogP contribution in [0, 0.1) is 0 Å². The molecule has 4 heteroatoms. The van der Waals surface area contributed by atoms with Gasteiger partial charge in [-0.2, -0.15) is 0 Å². The maximum absolute atomic E-state index is 10.8. The number of nitrogens with one attached hydrogen (secondary N) is 1. The molecule has 58 valence electrons. The summed E-state index contributed by atoms with van der Waals surface area (Å²) >= 11 is 0. The van der Waals surface area contributed by atoms with Crippen molar-refractivity contribution in [2.24, 2.45) is 0 Å². The minimum atomic E-state index is -2.86. The highest BCUT2D eigenvalue weighted by atomic mass is 32.2. The summed E-state index contributed by atoms with van der Waals surface area (Å²) in [6.07, 6.45) is 1.69. The van der Waals surface area contributed by atoms with E-state index in [-0.39, 0.29) is 11.8 Å². The Hall–Kier alpha value is -0.350. The van der Waals surface area contributed by atoms with Crippen LogP contribution in [0.2, 0.25) is 0 Å². The van der Waals surface area contributed by atoms with Gasteiger partial charge in [-0.3, -0.25) is 0 Å². The van der Waals surface area contributed by atoms with E-state index in [4.69, 9.17) is 0 Å². The van der Waals surface area contributed by atoms with Crippen molar-refractivity contribution < 1.29 is 8.42 Å². The van der Waals surface area contributed by atoms with Gasteiger partial charge in [-0.1, -0.05) is 13.0 Å². The SMILES string of the molecule is CCNC1C=CS(=O)(=O)C1. The first-order valence-corrected chi connectivity index (χ1v) is 5.00. The van der Waals surface area contributed by atoms with Crippen LogP contribution in [-0.2, 0) is 9.84 Å². The van der Waals surface area contributed by atoms with Crippen molar-refractivity contribution >= 4 is 9.84 Å². The second-order valence-electron chi connectivity index (χ2n) is 2.32. The van der Waals surface area contributed by atoms with E-state index in [2.05, 4.69) is 5.32 Å². The minimum absolute atomic E-state index is 0.0370. The first-order valence-electron chi connectivity index (χ1n) is 3.28. The molecule has 1 unspecified atom stereocenters. The van der Waals surface area contributed by atoms with E-state index < -0.39 is 9.84 Å². The first kappa shape index (κ1) is 7.75. The van der Waals surface area contributed by atoms with Crippen molar-refractivity contribution in [1.29, 1.82) is 0 Å². The molecule has 1 aliphatic heterocycles. The third-order valence-corrected chi connectivity index (χ3v) is 2.79. The molecule has 10 heavy (non-hydrogen) atoms. The summed E-state index contributed by atoms with van der Waals surface area (Å²) in [6, 6.07) is 0.0370. The van der Waals surface area contributed by atoms with Gasteiger partial charge in [0.2, 0.25) is 0 Å². The lowest BCUT2D eigenvalue weighted by Crippen LogP contribution is -2.29. The van der Waals surface area contributed by atoms with Crippen LogP contribution in [-0.4, -0.2) is 26.8 Å². The molecule has 0 saturated carbocycles. The maximum atomic E-state index is 10.8. The van der Waals surface area contributed by atoms with Gasteiger partial charge in [-0.15, -0.1) is 0 Å². The largest absolute Gasteiger partial charge is 0.310 e. The van der Waals surface area contributed by atoms with Crippen LogP contribution in [0.5, 0.6) is 0 Å². The smallest absolute Gasteiger partial charge is 0.173 e. The van der Waals surface area contributed by atoms with Crippen molar-refractivity contribution in [3.63, 3.8) is 0 Å². The summed E-state index contributed by atoms with van der Waals surface area (Å²) in [7, 11) is -2.86. The second kappa shape index (κ2) is 2.72. The maximum Gasteiger partial charge on any atom is 0.173 e. The molecule has 1 atom stereocenters. The highest BCUT2D eigenvalue weighted by Gasteiger charge is 2.19. The number of likely N-dealkylation sites (N-methyl/N-ethyl adjacent to an activating group) is 1. The predicted molar refractivity (Wildman–Crippen MR) is 40.4 cm³/mol.